The van der Waals surface area contributed by atoms with Crippen molar-refractivity contribution < 1.29 is 0 Å². The van der Waals surface area contributed by atoms with Crippen molar-refractivity contribution >= 4 is 7.98 Å². The highest BCUT2D eigenvalue weighted by Gasteiger charge is 1.93. The Morgan fingerprint density at radius 1 is 0.643 bits per heavy atom. The van der Waals surface area contributed by atoms with Crippen LogP contribution in [-0.2, 0) is 0 Å². The third kappa shape index (κ3) is 27.1. The smallest absolute Gasteiger partial charge is 0.222 e. The monoisotopic (exact) mass is 385 g/mol. The topological polar surface area (TPSA) is 12.0 Å². The molecule has 1 N–H and O–H groups in total. The summed E-state index contributed by atoms with van der Waals surface area (Å²) in [5.41, 5.74) is 0.947. The van der Waals surface area contributed by atoms with Crippen molar-refractivity contribution in [2.45, 2.75) is 129 Å². The molecule has 0 saturated heterocycles. The third-order valence-electron chi connectivity index (χ3n) is 5.01. The van der Waals surface area contributed by atoms with Gasteiger partial charge in [0.05, 0.1) is 0 Å². The number of nitrogens with one attached hydrogen (secondary N) is 1. The normalized spacial score (nSPS) is 9.75. The van der Waals surface area contributed by atoms with Gasteiger partial charge in [0, 0.05) is 12.8 Å². The summed E-state index contributed by atoms with van der Waals surface area (Å²) in [6.07, 6.45) is 25.0. The molecule has 0 rings (SSSR count). The summed E-state index contributed by atoms with van der Waals surface area (Å²) in [5.74, 6) is 6.72. The van der Waals surface area contributed by atoms with Gasteiger partial charge in [-0.15, -0.1) is 25.0 Å². The molecule has 0 aliphatic carbocycles. The molecule has 28 heavy (non-hydrogen) atoms. The maximum absolute atomic E-state index is 5.29. The lowest BCUT2D eigenvalue weighted by molar-refractivity contribution is 0.558. The Hall–Kier alpha value is -1.10. The summed E-state index contributed by atoms with van der Waals surface area (Å²) in [6, 6.07) is 0. The van der Waals surface area contributed by atoms with Crippen LogP contribution in [-0.4, -0.2) is 7.98 Å². The lowest BCUT2D eigenvalue weighted by Gasteiger charge is -2.04. The molecule has 0 bridgehead atoms. The minimum absolute atomic E-state index is 0.947. The summed E-state index contributed by atoms with van der Waals surface area (Å²) < 4.78 is 0. The van der Waals surface area contributed by atoms with E-state index in [1.54, 1.807) is 0 Å². The molecule has 160 valence electrons. The quantitative estimate of drug-likeness (QED) is 0.102. The molecule has 0 heterocycles. The molecule has 1 nitrogen and oxygen atoms in total. The molecule has 0 unspecified atom stereocenters. The molecule has 2 radical (unpaired) electrons. The van der Waals surface area contributed by atoms with Crippen LogP contribution in [0.5, 0.6) is 0 Å². The Bertz CT molecular complexity index is 366. The molecule has 0 aromatic carbocycles. The van der Waals surface area contributed by atoms with E-state index in [0.717, 1.165) is 25.0 Å². The van der Waals surface area contributed by atoms with E-state index in [1.807, 2.05) is 0 Å². The van der Waals surface area contributed by atoms with Gasteiger partial charge in [0.2, 0.25) is 7.98 Å². The van der Waals surface area contributed by atoms with E-state index in [4.69, 9.17) is 7.98 Å². The second-order valence-corrected chi connectivity index (χ2v) is 7.65. The van der Waals surface area contributed by atoms with Crippen molar-refractivity contribution in [3.63, 3.8) is 0 Å². The molecule has 0 aliphatic rings. The zero-order valence-corrected chi connectivity index (χ0v) is 19.1. The highest BCUT2D eigenvalue weighted by Crippen LogP contribution is 2.12. The molecule has 0 aromatic rings. The van der Waals surface area contributed by atoms with E-state index in [0.29, 0.717) is 0 Å². The summed E-state index contributed by atoms with van der Waals surface area (Å²) in [4.78, 5) is 0. The van der Waals surface area contributed by atoms with E-state index < -0.39 is 0 Å². The Morgan fingerprint density at radius 3 is 1.39 bits per heavy atom. The minimum Gasteiger partial charge on any atom is -0.441 e. The maximum Gasteiger partial charge on any atom is 0.222 e. The molecule has 0 aromatic heterocycles. The SMILES string of the molecule is C=C.[B]NC(=C)CCCCCCCCC#CCCCCCCCCCCCC. The summed E-state index contributed by atoms with van der Waals surface area (Å²) >= 11 is 0. The van der Waals surface area contributed by atoms with Crippen molar-refractivity contribution in [1.29, 1.82) is 0 Å². The Kier molecular flexibility index (Phi) is 29.2. The van der Waals surface area contributed by atoms with Gasteiger partial charge in [0.15, 0.2) is 0 Å². The molecule has 0 saturated carbocycles. The van der Waals surface area contributed by atoms with Crippen LogP contribution in [0.1, 0.15) is 129 Å². The average molecular weight is 385 g/mol. The first-order valence-corrected chi connectivity index (χ1v) is 11.9. The van der Waals surface area contributed by atoms with E-state index in [-0.39, 0.29) is 0 Å². The van der Waals surface area contributed by atoms with Crippen LogP contribution in [0.25, 0.3) is 0 Å². The van der Waals surface area contributed by atoms with Crippen LogP contribution in [0.4, 0.5) is 0 Å². The first-order chi connectivity index (χ1) is 13.8. The largest absolute Gasteiger partial charge is 0.441 e. The lowest BCUT2D eigenvalue weighted by atomic mass is 10.1. The van der Waals surface area contributed by atoms with Gasteiger partial charge in [0.25, 0.3) is 0 Å². The van der Waals surface area contributed by atoms with E-state index >= 15 is 0 Å². The lowest BCUT2D eigenvalue weighted by Crippen LogP contribution is -2.05. The van der Waals surface area contributed by atoms with Gasteiger partial charge in [-0.05, 0) is 31.4 Å². The average Bonchev–Trinajstić information content (AvgIpc) is 2.73. The molecular weight excluding hydrogens is 337 g/mol. The van der Waals surface area contributed by atoms with Gasteiger partial charge in [0.1, 0.15) is 0 Å². The maximum atomic E-state index is 5.29. The van der Waals surface area contributed by atoms with Gasteiger partial charge < -0.3 is 5.23 Å². The van der Waals surface area contributed by atoms with Gasteiger partial charge in [-0.3, -0.25) is 0 Å². The summed E-state index contributed by atoms with van der Waals surface area (Å²) in [6.45, 7) is 12.1. The van der Waals surface area contributed by atoms with E-state index in [9.17, 15) is 0 Å². The van der Waals surface area contributed by atoms with Gasteiger partial charge in [-0.1, -0.05) is 97.0 Å². The van der Waals surface area contributed by atoms with E-state index in [1.165, 1.54) is 103 Å². The van der Waals surface area contributed by atoms with Crippen molar-refractivity contribution in [1.82, 2.24) is 5.23 Å². The fourth-order valence-corrected chi connectivity index (χ4v) is 3.21. The van der Waals surface area contributed by atoms with Gasteiger partial charge in [-0.2, -0.15) is 0 Å². The summed E-state index contributed by atoms with van der Waals surface area (Å²) in [7, 11) is 5.29. The van der Waals surface area contributed by atoms with Crippen LogP contribution in [0, 0.1) is 11.8 Å². The number of allylic oxidation sites excluding steroid dienone is 1. The van der Waals surface area contributed by atoms with Gasteiger partial charge in [-0.25, -0.2) is 0 Å². The zero-order valence-electron chi connectivity index (χ0n) is 19.1. The van der Waals surface area contributed by atoms with Crippen molar-refractivity contribution in [2.24, 2.45) is 0 Å². The Balaban J connectivity index is 0. The standard InChI is InChI=1S/C24H44BN.C2H4/c1-3-4-5-6-7-8-9-10-11-12-13-14-15-16-17-18-19-20-21-22-23-24(2)26-25;1-2/h26H,2-13,16-23H2,1H3;1-2H2. The van der Waals surface area contributed by atoms with Gasteiger partial charge >= 0.3 is 0 Å². The third-order valence-corrected chi connectivity index (χ3v) is 5.01. The molecule has 2 heteroatoms. The van der Waals surface area contributed by atoms with Crippen molar-refractivity contribution in [3.8, 4) is 11.8 Å². The van der Waals surface area contributed by atoms with Crippen LogP contribution in [0.15, 0.2) is 25.4 Å². The predicted molar refractivity (Wildman–Crippen MR) is 130 cm³/mol. The first kappa shape index (κ1) is 29.1. The number of rotatable bonds is 19. The van der Waals surface area contributed by atoms with Crippen LogP contribution < -0.4 is 5.23 Å². The molecule has 0 fully saturated rings. The van der Waals surface area contributed by atoms with Crippen LogP contribution in [0.3, 0.4) is 0 Å². The predicted octanol–water partition coefficient (Wildman–Crippen LogP) is 8.41. The van der Waals surface area contributed by atoms with Crippen molar-refractivity contribution in [2.75, 3.05) is 0 Å². The molecule has 0 spiro atoms. The second kappa shape index (κ2) is 28.1. The first-order valence-electron chi connectivity index (χ1n) is 11.9. The van der Waals surface area contributed by atoms with E-state index in [2.05, 4.69) is 43.7 Å². The fourth-order valence-electron chi connectivity index (χ4n) is 3.21. The zero-order chi connectivity index (χ0) is 21.1. The minimum atomic E-state index is 0.947. The number of hydrogen-bond acceptors (Lipinski definition) is 1. The fraction of sp³-hybridized carbons (Fsp3) is 0.769. The molecule has 0 atom stereocenters. The van der Waals surface area contributed by atoms with Crippen LogP contribution >= 0.6 is 0 Å². The second-order valence-electron chi connectivity index (χ2n) is 7.65. The number of unbranched alkanes of at least 4 members (excludes halogenated alkanes) is 16. The summed E-state index contributed by atoms with van der Waals surface area (Å²) in [5, 5.41) is 2.62. The number of hydrogen-bond donors (Lipinski definition) is 1. The van der Waals surface area contributed by atoms with Crippen LogP contribution in [0.2, 0.25) is 0 Å². The molecule has 0 amide bonds. The van der Waals surface area contributed by atoms with Crippen molar-refractivity contribution in [3.05, 3.63) is 25.4 Å². The Morgan fingerprint density at radius 2 is 1.00 bits per heavy atom. The highest BCUT2D eigenvalue weighted by molar-refractivity contribution is 6.05. The molecule has 0 aliphatic heterocycles. The Labute approximate surface area is 179 Å². The highest BCUT2D eigenvalue weighted by atomic mass is 14.7. The molecular formula is C26H48BN.